The van der Waals surface area contributed by atoms with Gasteiger partial charge in [-0.1, -0.05) is 69.3 Å². The molecule has 1 aliphatic rings. The Labute approximate surface area is 207 Å². The first-order valence-electron chi connectivity index (χ1n) is 12.3. The van der Waals surface area contributed by atoms with Crippen molar-refractivity contribution in [2.75, 3.05) is 19.7 Å². The number of benzene rings is 2. The van der Waals surface area contributed by atoms with Crippen molar-refractivity contribution in [2.45, 2.75) is 52.5 Å². The number of amides is 2. The van der Waals surface area contributed by atoms with Crippen molar-refractivity contribution in [3.05, 3.63) is 59.7 Å². The van der Waals surface area contributed by atoms with Crippen molar-refractivity contribution in [2.24, 2.45) is 11.8 Å². The fourth-order valence-corrected chi connectivity index (χ4v) is 4.75. The smallest absolute Gasteiger partial charge is 0.407 e. The summed E-state index contributed by atoms with van der Waals surface area (Å²) < 4.78 is 5.60. The first-order valence-corrected chi connectivity index (χ1v) is 12.3. The quantitative estimate of drug-likeness (QED) is 0.477. The Morgan fingerprint density at radius 2 is 1.57 bits per heavy atom. The van der Waals surface area contributed by atoms with Gasteiger partial charge in [-0.25, -0.2) is 4.79 Å². The number of carbonyl (C=O) groups is 3. The number of hydrogen-bond donors (Lipinski definition) is 2. The van der Waals surface area contributed by atoms with Crippen LogP contribution in [0.15, 0.2) is 48.5 Å². The van der Waals surface area contributed by atoms with Crippen molar-refractivity contribution in [1.82, 2.24) is 10.2 Å². The van der Waals surface area contributed by atoms with E-state index in [4.69, 9.17) is 4.74 Å². The minimum Gasteiger partial charge on any atom is -0.480 e. The summed E-state index contributed by atoms with van der Waals surface area (Å²) in [7, 11) is 0. The van der Waals surface area contributed by atoms with Crippen molar-refractivity contribution in [3.8, 4) is 11.1 Å². The molecule has 2 amide bonds. The lowest BCUT2D eigenvalue weighted by molar-refractivity contribution is -0.148. The average Bonchev–Trinajstić information content (AvgIpc) is 3.16. The van der Waals surface area contributed by atoms with E-state index < -0.39 is 18.0 Å². The number of nitrogens with zero attached hydrogens (tertiary/aromatic N) is 1. The minimum atomic E-state index is -1.05. The first-order chi connectivity index (χ1) is 16.7. The van der Waals surface area contributed by atoms with Crippen LogP contribution in [0.2, 0.25) is 0 Å². The molecule has 35 heavy (non-hydrogen) atoms. The number of carboxylic acids is 1. The van der Waals surface area contributed by atoms with Gasteiger partial charge in [-0.3, -0.25) is 9.59 Å². The second kappa shape index (κ2) is 11.9. The number of rotatable bonds is 11. The molecule has 0 fully saturated rings. The standard InChI is InChI=1S/C28H36N2O5/c1-5-19(4)30(16-26(31)32)27(33)20(14-18(2)3)15-29-28(34)35-17-25-23-12-8-6-10-21(23)22-11-7-9-13-24(22)25/h6-13,18-20,25H,5,14-17H2,1-4H3,(H,29,34)(H,31,32). The Balaban J connectivity index is 1.64. The lowest BCUT2D eigenvalue weighted by atomic mass is 9.95. The summed E-state index contributed by atoms with van der Waals surface area (Å²) in [6.07, 6.45) is 0.601. The van der Waals surface area contributed by atoms with Crippen LogP contribution in [0.1, 0.15) is 57.6 Å². The molecule has 7 nitrogen and oxygen atoms in total. The number of fused-ring (bicyclic) bond motifs is 3. The molecule has 3 rings (SSSR count). The minimum absolute atomic E-state index is 0.0438. The van der Waals surface area contributed by atoms with Gasteiger partial charge in [0, 0.05) is 18.5 Å². The highest BCUT2D eigenvalue weighted by molar-refractivity contribution is 5.84. The fraction of sp³-hybridized carbons (Fsp3) is 0.464. The van der Waals surface area contributed by atoms with Gasteiger partial charge in [0.25, 0.3) is 0 Å². The third-order valence-corrected chi connectivity index (χ3v) is 6.65. The maximum absolute atomic E-state index is 13.2. The van der Waals surface area contributed by atoms with Gasteiger partial charge in [-0.15, -0.1) is 0 Å². The van der Waals surface area contributed by atoms with Crippen LogP contribution < -0.4 is 5.32 Å². The molecule has 0 saturated heterocycles. The van der Waals surface area contributed by atoms with Crippen LogP contribution in [0.3, 0.4) is 0 Å². The molecule has 2 aromatic carbocycles. The van der Waals surface area contributed by atoms with Gasteiger partial charge >= 0.3 is 12.1 Å². The van der Waals surface area contributed by atoms with E-state index in [0.29, 0.717) is 12.8 Å². The molecule has 2 atom stereocenters. The first kappa shape index (κ1) is 26.3. The molecule has 0 aliphatic heterocycles. The normalized spacial score (nSPS) is 14.1. The molecule has 0 heterocycles. The fourth-order valence-electron chi connectivity index (χ4n) is 4.75. The Hall–Kier alpha value is -3.35. The molecule has 2 aromatic rings. The maximum Gasteiger partial charge on any atom is 0.407 e. The second-order valence-corrected chi connectivity index (χ2v) is 9.65. The van der Waals surface area contributed by atoms with Crippen molar-refractivity contribution in [1.29, 1.82) is 0 Å². The molecule has 0 saturated carbocycles. The summed E-state index contributed by atoms with van der Waals surface area (Å²) in [5, 5.41) is 12.0. The molecule has 1 aliphatic carbocycles. The summed E-state index contributed by atoms with van der Waals surface area (Å²) in [6.45, 7) is 7.69. The van der Waals surface area contributed by atoms with Crippen LogP contribution in [0.25, 0.3) is 11.1 Å². The topological polar surface area (TPSA) is 95.9 Å². The van der Waals surface area contributed by atoms with E-state index in [1.165, 1.54) is 4.90 Å². The van der Waals surface area contributed by atoms with Gasteiger partial charge in [0.2, 0.25) is 5.91 Å². The molecular formula is C28H36N2O5. The predicted octanol–water partition coefficient (Wildman–Crippen LogP) is 4.90. The SMILES string of the molecule is CCC(C)N(CC(=O)O)C(=O)C(CNC(=O)OCC1c2ccccc2-c2ccccc21)CC(C)C. The van der Waals surface area contributed by atoms with Gasteiger partial charge in [0.15, 0.2) is 0 Å². The monoisotopic (exact) mass is 480 g/mol. The zero-order valence-electron chi connectivity index (χ0n) is 21.0. The van der Waals surface area contributed by atoms with Crippen LogP contribution in [-0.2, 0) is 14.3 Å². The van der Waals surface area contributed by atoms with E-state index in [0.717, 1.165) is 22.3 Å². The van der Waals surface area contributed by atoms with E-state index in [2.05, 4.69) is 29.6 Å². The molecule has 2 unspecified atom stereocenters. The molecule has 2 N–H and O–H groups in total. The molecule has 0 bridgehead atoms. The van der Waals surface area contributed by atoms with E-state index in [1.54, 1.807) is 0 Å². The van der Waals surface area contributed by atoms with Crippen molar-refractivity contribution < 1.29 is 24.2 Å². The van der Waals surface area contributed by atoms with Gasteiger partial charge in [0.1, 0.15) is 13.2 Å². The Morgan fingerprint density at radius 3 is 2.09 bits per heavy atom. The molecule has 188 valence electrons. The van der Waals surface area contributed by atoms with Crippen LogP contribution in [-0.4, -0.2) is 53.7 Å². The Morgan fingerprint density at radius 1 is 1.00 bits per heavy atom. The van der Waals surface area contributed by atoms with E-state index in [-0.39, 0.29) is 43.5 Å². The molecule has 0 aromatic heterocycles. The number of carboxylic acid groups (broad SMARTS) is 1. The van der Waals surface area contributed by atoms with Crippen LogP contribution >= 0.6 is 0 Å². The third kappa shape index (κ3) is 6.41. The van der Waals surface area contributed by atoms with Crippen molar-refractivity contribution >= 4 is 18.0 Å². The van der Waals surface area contributed by atoms with Crippen LogP contribution in [0.5, 0.6) is 0 Å². The zero-order valence-corrected chi connectivity index (χ0v) is 21.0. The van der Waals surface area contributed by atoms with E-state index in [9.17, 15) is 19.5 Å². The van der Waals surface area contributed by atoms with Crippen molar-refractivity contribution in [3.63, 3.8) is 0 Å². The number of aliphatic carboxylic acids is 1. The number of nitrogens with one attached hydrogen (secondary N) is 1. The number of ether oxygens (including phenoxy) is 1. The number of hydrogen-bond acceptors (Lipinski definition) is 4. The number of carbonyl (C=O) groups excluding carboxylic acids is 2. The lowest BCUT2D eigenvalue weighted by Crippen LogP contribution is -2.48. The highest BCUT2D eigenvalue weighted by Crippen LogP contribution is 2.44. The summed E-state index contributed by atoms with van der Waals surface area (Å²) in [6, 6.07) is 16.1. The largest absolute Gasteiger partial charge is 0.480 e. The highest BCUT2D eigenvalue weighted by Gasteiger charge is 2.31. The van der Waals surface area contributed by atoms with E-state index >= 15 is 0 Å². The van der Waals surface area contributed by atoms with Gasteiger partial charge in [-0.2, -0.15) is 0 Å². The molecular weight excluding hydrogens is 444 g/mol. The van der Waals surface area contributed by atoms with Gasteiger partial charge in [0.05, 0.1) is 5.92 Å². The number of alkyl carbamates (subject to hydrolysis) is 1. The summed E-state index contributed by atoms with van der Waals surface area (Å²) in [4.78, 5) is 38.6. The van der Waals surface area contributed by atoms with Crippen LogP contribution in [0, 0.1) is 11.8 Å². The summed E-state index contributed by atoms with van der Waals surface area (Å²) in [5.41, 5.74) is 4.57. The van der Waals surface area contributed by atoms with Gasteiger partial charge < -0.3 is 20.1 Å². The maximum atomic E-state index is 13.2. The zero-order chi connectivity index (χ0) is 25.5. The third-order valence-electron chi connectivity index (χ3n) is 6.65. The molecule has 0 radical (unpaired) electrons. The predicted molar refractivity (Wildman–Crippen MR) is 135 cm³/mol. The highest BCUT2D eigenvalue weighted by atomic mass is 16.5. The lowest BCUT2D eigenvalue weighted by Gasteiger charge is -2.31. The van der Waals surface area contributed by atoms with Crippen LogP contribution in [0.4, 0.5) is 4.79 Å². The van der Waals surface area contributed by atoms with E-state index in [1.807, 2.05) is 52.0 Å². The average molecular weight is 481 g/mol. The molecule has 7 heteroatoms. The Kier molecular flexibility index (Phi) is 8.90. The summed E-state index contributed by atoms with van der Waals surface area (Å²) >= 11 is 0. The summed E-state index contributed by atoms with van der Waals surface area (Å²) in [5.74, 6) is -1.67. The molecule has 0 spiro atoms. The second-order valence-electron chi connectivity index (χ2n) is 9.65. The Bertz CT molecular complexity index is 1010. The van der Waals surface area contributed by atoms with Gasteiger partial charge in [-0.05, 0) is 47.9 Å².